The summed E-state index contributed by atoms with van der Waals surface area (Å²) in [5, 5.41) is 0. The molecule has 1 aromatic carbocycles. The summed E-state index contributed by atoms with van der Waals surface area (Å²) in [5.41, 5.74) is 6.34. The minimum Gasteiger partial charge on any atom is -0.497 e. The van der Waals surface area contributed by atoms with Gasteiger partial charge in [0, 0.05) is 13.1 Å². The van der Waals surface area contributed by atoms with E-state index in [4.69, 9.17) is 15.2 Å². The number of nitrogens with two attached hydrogens (primary N) is 1. The van der Waals surface area contributed by atoms with Crippen LogP contribution in [0.3, 0.4) is 0 Å². The Balaban J connectivity index is 2.06. The van der Waals surface area contributed by atoms with Gasteiger partial charge in [-0.2, -0.15) is 0 Å². The SMILES string of the molecule is COc1ccc(CC(=O)N2CC(CN)OCC2(C)C)cc1. The molecule has 1 aliphatic heterocycles. The van der Waals surface area contributed by atoms with E-state index in [9.17, 15) is 4.79 Å². The smallest absolute Gasteiger partial charge is 0.227 e. The highest BCUT2D eigenvalue weighted by Crippen LogP contribution is 2.23. The van der Waals surface area contributed by atoms with Crippen molar-refractivity contribution in [2.45, 2.75) is 31.9 Å². The van der Waals surface area contributed by atoms with Crippen LogP contribution in [-0.4, -0.2) is 49.3 Å². The molecule has 2 N–H and O–H groups in total. The summed E-state index contributed by atoms with van der Waals surface area (Å²) in [6.07, 6.45) is 0.308. The maximum atomic E-state index is 12.6. The van der Waals surface area contributed by atoms with Crippen LogP contribution in [0.5, 0.6) is 5.75 Å². The lowest BCUT2D eigenvalue weighted by atomic mass is 9.99. The van der Waals surface area contributed by atoms with Gasteiger partial charge in [0.25, 0.3) is 0 Å². The molecule has 1 aliphatic rings. The lowest BCUT2D eigenvalue weighted by molar-refractivity contribution is -0.152. The third-order valence-electron chi connectivity index (χ3n) is 3.87. The molecule has 1 amide bonds. The first-order valence-electron chi connectivity index (χ1n) is 7.21. The van der Waals surface area contributed by atoms with E-state index in [1.807, 2.05) is 43.0 Å². The van der Waals surface area contributed by atoms with Gasteiger partial charge in [0.2, 0.25) is 5.91 Å². The Labute approximate surface area is 126 Å². The fourth-order valence-electron chi connectivity index (χ4n) is 2.50. The zero-order valence-electron chi connectivity index (χ0n) is 13.0. The van der Waals surface area contributed by atoms with E-state index in [0.29, 0.717) is 26.1 Å². The van der Waals surface area contributed by atoms with Crippen LogP contribution in [0.1, 0.15) is 19.4 Å². The van der Waals surface area contributed by atoms with Gasteiger partial charge in [0.05, 0.1) is 31.8 Å². The van der Waals surface area contributed by atoms with E-state index in [1.165, 1.54) is 0 Å². The Kier molecular flexibility index (Phi) is 4.85. The van der Waals surface area contributed by atoms with Crippen LogP contribution in [0.2, 0.25) is 0 Å². The molecule has 5 nitrogen and oxygen atoms in total. The van der Waals surface area contributed by atoms with E-state index >= 15 is 0 Å². The molecule has 0 aromatic heterocycles. The van der Waals surface area contributed by atoms with Crippen molar-refractivity contribution in [3.05, 3.63) is 29.8 Å². The number of nitrogens with zero attached hydrogens (tertiary/aromatic N) is 1. The van der Waals surface area contributed by atoms with Gasteiger partial charge in [-0.25, -0.2) is 0 Å². The van der Waals surface area contributed by atoms with Crippen molar-refractivity contribution in [3.8, 4) is 5.75 Å². The van der Waals surface area contributed by atoms with Crippen LogP contribution >= 0.6 is 0 Å². The van der Waals surface area contributed by atoms with E-state index < -0.39 is 0 Å². The maximum Gasteiger partial charge on any atom is 0.227 e. The second-order valence-corrected chi connectivity index (χ2v) is 6.01. The van der Waals surface area contributed by atoms with Gasteiger partial charge in [-0.15, -0.1) is 0 Å². The summed E-state index contributed by atoms with van der Waals surface area (Å²) in [6.45, 7) is 5.54. The molecule has 0 spiro atoms. The number of rotatable bonds is 4. The number of hydrogen-bond donors (Lipinski definition) is 1. The average Bonchev–Trinajstić information content (AvgIpc) is 2.47. The van der Waals surface area contributed by atoms with E-state index in [1.54, 1.807) is 7.11 Å². The molecule has 0 saturated carbocycles. The summed E-state index contributed by atoms with van der Waals surface area (Å²) in [7, 11) is 1.63. The Morgan fingerprint density at radius 2 is 2.10 bits per heavy atom. The molecule has 0 bridgehead atoms. The van der Waals surface area contributed by atoms with Gasteiger partial charge in [-0.1, -0.05) is 12.1 Å². The normalized spacial score (nSPS) is 21.1. The zero-order valence-corrected chi connectivity index (χ0v) is 13.0. The van der Waals surface area contributed by atoms with Crippen molar-refractivity contribution >= 4 is 5.91 Å². The topological polar surface area (TPSA) is 64.8 Å². The summed E-state index contributed by atoms with van der Waals surface area (Å²) in [6, 6.07) is 7.58. The number of carbonyl (C=O) groups excluding carboxylic acids is 1. The molecule has 1 atom stereocenters. The summed E-state index contributed by atoms with van der Waals surface area (Å²) < 4.78 is 10.8. The zero-order chi connectivity index (χ0) is 15.5. The van der Waals surface area contributed by atoms with Crippen molar-refractivity contribution in [1.82, 2.24) is 4.90 Å². The first-order valence-corrected chi connectivity index (χ1v) is 7.21. The number of amides is 1. The van der Waals surface area contributed by atoms with Crippen LogP contribution in [-0.2, 0) is 16.0 Å². The largest absolute Gasteiger partial charge is 0.497 e. The highest BCUT2D eigenvalue weighted by Gasteiger charge is 2.37. The van der Waals surface area contributed by atoms with Crippen LogP contribution in [0.15, 0.2) is 24.3 Å². The minimum absolute atomic E-state index is 0.0714. The minimum atomic E-state index is -0.296. The average molecular weight is 292 g/mol. The lowest BCUT2D eigenvalue weighted by Crippen LogP contribution is -2.59. The van der Waals surface area contributed by atoms with Crippen LogP contribution in [0.25, 0.3) is 0 Å². The van der Waals surface area contributed by atoms with Gasteiger partial charge < -0.3 is 20.1 Å². The Morgan fingerprint density at radius 1 is 1.43 bits per heavy atom. The molecule has 0 aliphatic carbocycles. The van der Waals surface area contributed by atoms with Crippen molar-refractivity contribution < 1.29 is 14.3 Å². The number of ether oxygens (including phenoxy) is 2. The number of methoxy groups -OCH3 is 1. The van der Waals surface area contributed by atoms with Crippen molar-refractivity contribution in [1.29, 1.82) is 0 Å². The fourth-order valence-corrected chi connectivity index (χ4v) is 2.50. The van der Waals surface area contributed by atoms with Gasteiger partial charge in [0.15, 0.2) is 0 Å². The second kappa shape index (κ2) is 6.45. The van der Waals surface area contributed by atoms with Gasteiger partial charge in [-0.05, 0) is 31.5 Å². The van der Waals surface area contributed by atoms with E-state index in [0.717, 1.165) is 11.3 Å². The number of benzene rings is 1. The Hall–Kier alpha value is -1.59. The predicted molar refractivity (Wildman–Crippen MR) is 81.3 cm³/mol. The summed E-state index contributed by atoms with van der Waals surface area (Å²) >= 11 is 0. The van der Waals surface area contributed by atoms with E-state index in [-0.39, 0.29) is 17.6 Å². The van der Waals surface area contributed by atoms with Gasteiger partial charge >= 0.3 is 0 Å². The lowest BCUT2D eigenvalue weighted by Gasteiger charge is -2.45. The predicted octanol–water partition coefficient (Wildman–Crippen LogP) is 1.20. The molecular weight excluding hydrogens is 268 g/mol. The summed E-state index contributed by atoms with van der Waals surface area (Å²) in [4.78, 5) is 14.5. The molecule has 2 rings (SSSR count). The van der Waals surface area contributed by atoms with E-state index in [2.05, 4.69) is 0 Å². The van der Waals surface area contributed by atoms with Gasteiger partial charge in [0.1, 0.15) is 5.75 Å². The summed E-state index contributed by atoms with van der Waals surface area (Å²) in [5.74, 6) is 0.896. The van der Waals surface area contributed by atoms with Crippen LogP contribution in [0.4, 0.5) is 0 Å². The monoisotopic (exact) mass is 292 g/mol. The van der Waals surface area contributed by atoms with Crippen molar-refractivity contribution in [2.75, 3.05) is 26.8 Å². The molecule has 1 saturated heterocycles. The molecule has 21 heavy (non-hydrogen) atoms. The number of morpholine rings is 1. The van der Waals surface area contributed by atoms with Crippen molar-refractivity contribution in [2.24, 2.45) is 5.73 Å². The van der Waals surface area contributed by atoms with Gasteiger partial charge in [-0.3, -0.25) is 4.79 Å². The Morgan fingerprint density at radius 3 is 2.67 bits per heavy atom. The maximum absolute atomic E-state index is 12.6. The molecule has 5 heteroatoms. The second-order valence-electron chi connectivity index (χ2n) is 6.01. The fraction of sp³-hybridized carbons (Fsp3) is 0.562. The van der Waals surface area contributed by atoms with Crippen LogP contribution < -0.4 is 10.5 Å². The molecule has 1 unspecified atom stereocenters. The first-order chi connectivity index (χ1) is 9.96. The third-order valence-corrected chi connectivity index (χ3v) is 3.87. The highest BCUT2D eigenvalue weighted by molar-refractivity contribution is 5.79. The Bertz CT molecular complexity index is 485. The number of hydrogen-bond acceptors (Lipinski definition) is 4. The standard InChI is InChI=1S/C16H24N2O3/c1-16(2)11-21-14(9-17)10-18(16)15(19)8-12-4-6-13(20-3)7-5-12/h4-7,14H,8-11,17H2,1-3H3. The molecule has 1 aromatic rings. The molecular formula is C16H24N2O3. The quantitative estimate of drug-likeness (QED) is 0.906. The number of carbonyl (C=O) groups is 1. The highest BCUT2D eigenvalue weighted by atomic mass is 16.5. The van der Waals surface area contributed by atoms with Crippen molar-refractivity contribution in [3.63, 3.8) is 0 Å². The molecule has 1 heterocycles. The third kappa shape index (κ3) is 3.74. The van der Waals surface area contributed by atoms with Crippen LogP contribution in [0, 0.1) is 0 Å². The molecule has 0 radical (unpaired) electrons. The first kappa shape index (κ1) is 15.8. The molecule has 1 fully saturated rings. The molecule has 116 valence electrons.